The van der Waals surface area contributed by atoms with Gasteiger partial charge in [0, 0.05) is 0 Å². The summed E-state index contributed by atoms with van der Waals surface area (Å²) in [6, 6.07) is 8.16. The van der Waals surface area contributed by atoms with E-state index in [9.17, 15) is 22.7 Å². The standard InChI is InChI=1S/C15H12F4O2/c1-9(20)10-6-7-14(12(16)8-10)21-13-5-3-2-4-11(13)15(17,18)19/h2-9,20H,1H3/t9-/m0/s1. The normalized spacial score (nSPS) is 13.0. The molecule has 0 fully saturated rings. The molecule has 0 bridgehead atoms. The lowest BCUT2D eigenvalue weighted by molar-refractivity contribution is -0.138. The average Bonchev–Trinajstić information content (AvgIpc) is 2.40. The molecule has 0 heterocycles. The van der Waals surface area contributed by atoms with Crippen LogP contribution in [0.25, 0.3) is 0 Å². The van der Waals surface area contributed by atoms with Crippen molar-refractivity contribution < 1.29 is 27.4 Å². The van der Waals surface area contributed by atoms with Crippen LogP contribution in [-0.2, 0) is 6.18 Å². The highest BCUT2D eigenvalue weighted by Gasteiger charge is 2.34. The number of rotatable bonds is 3. The Morgan fingerprint density at radius 2 is 1.71 bits per heavy atom. The monoisotopic (exact) mass is 300 g/mol. The van der Waals surface area contributed by atoms with Gasteiger partial charge in [-0.3, -0.25) is 0 Å². The third kappa shape index (κ3) is 3.52. The second kappa shape index (κ2) is 5.73. The minimum absolute atomic E-state index is 0.309. The first-order chi connectivity index (χ1) is 9.79. The Hall–Kier alpha value is -2.08. The second-order valence-electron chi connectivity index (χ2n) is 4.46. The van der Waals surface area contributed by atoms with Crippen LogP contribution in [-0.4, -0.2) is 5.11 Å². The molecule has 0 aliphatic heterocycles. The van der Waals surface area contributed by atoms with Crippen LogP contribution in [0.1, 0.15) is 24.2 Å². The Morgan fingerprint density at radius 1 is 1.05 bits per heavy atom. The van der Waals surface area contributed by atoms with Crippen molar-refractivity contribution >= 4 is 0 Å². The van der Waals surface area contributed by atoms with Crippen LogP contribution in [0.3, 0.4) is 0 Å². The van der Waals surface area contributed by atoms with E-state index in [1.165, 1.54) is 31.2 Å². The van der Waals surface area contributed by atoms with E-state index in [0.717, 1.165) is 18.2 Å². The van der Waals surface area contributed by atoms with Gasteiger partial charge in [0.05, 0.1) is 11.7 Å². The second-order valence-corrected chi connectivity index (χ2v) is 4.46. The van der Waals surface area contributed by atoms with Crippen molar-refractivity contribution in [3.8, 4) is 11.5 Å². The lowest BCUT2D eigenvalue weighted by Crippen LogP contribution is -2.07. The minimum atomic E-state index is -4.59. The summed E-state index contributed by atoms with van der Waals surface area (Å²) in [7, 11) is 0. The summed E-state index contributed by atoms with van der Waals surface area (Å²) in [6.07, 6.45) is -5.47. The van der Waals surface area contributed by atoms with Crippen molar-refractivity contribution in [2.75, 3.05) is 0 Å². The van der Waals surface area contributed by atoms with Gasteiger partial charge in [-0.05, 0) is 36.8 Å². The van der Waals surface area contributed by atoms with Crippen LogP contribution < -0.4 is 4.74 Å². The Bertz CT molecular complexity index is 636. The van der Waals surface area contributed by atoms with E-state index >= 15 is 0 Å². The van der Waals surface area contributed by atoms with Gasteiger partial charge in [-0.25, -0.2) is 4.39 Å². The zero-order valence-corrected chi connectivity index (χ0v) is 11.0. The number of hydrogen-bond donors (Lipinski definition) is 1. The zero-order chi connectivity index (χ0) is 15.6. The molecule has 0 saturated heterocycles. The van der Waals surface area contributed by atoms with E-state index in [2.05, 4.69) is 0 Å². The molecule has 0 spiro atoms. The summed E-state index contributed by atoms with van der Waals surface area (Å²) >= 11 is 0. The van der Waals surface area contributed by atoms with Crippen LogP contribution in [0.5, 0.6) is 11.5 Å². The fraction of sp³-hybridized carbons (Fsp3) is 0.200. The highest BCUT2D eigenvalue weighted by atomic mass is 19.4. The van der Waals surface area contributed by atoms with Crippen molar-refractivity contribution in [3.05, 3.63) is 59.4 Å². The molecule has 0 radical (unpaired) electrons. The number of hydrogen-bond acceptors (Lipinski definition) is 2. The molecule has 0 aromatic heterocycles. The van der Waals surface area contributed by atoms with Crippen LogP contribution in [0.4, 0.5) is 17.6 Å². The van der Waals surface area contributed by atoms with E-state index in [4.69, 9.17) is 4.74 Å². The molecule has 21 heavy (non-hydrogen) atoms. The van der Waals surface area contributed by atoms with E-state index in [-0.39, 0.29) is 5.75 Å². The summed E-state index contributed by atoms with van der Waals surface area (Å²) < 4.78 is 57.3. The molecular weight excluding hydrogens is 288 g/mol. The van der Waals surface area contributed by atoms with Gasteiger partial charge in [-0.1, -0.05) is 18.2 Å². The Balaban J connectivity index is 2.35. The fourth-order valence-electron chi connectivity index (χ4n) is 1.77. The molecule has 0 amide bonds. The molecule has 0 aliphatic carbocycles. The van der Waals surface area contributed by atoms with Crippen molar-refractivity contribution in [1.29, 1.82) is 0 Å². The summed E-state index contributed by atoms with van der Waals surface area (Å²) in [5.74, 6) is -1.66. The van der Waals surface area contributed by atoms with Crippen LogP contribution in [0.2, 0.25) is 0 Å². The first kappa shape index (κ1) is 15.3. The molecule has 1 atom stereocenters. The number of ether oxygens (including phenoxy) is 1. The average molecular weight is 300 g/mol. The molecule has 2 aromatic rings. The highest BCUT2D eigenvalue weighted by molar-refractivity contribution is 5.40. The molecule has 0 saturated carbocycles. The van der Waals surface area contributed by atoms with Crippen molar-refractivity contribution in [3.63, 3.8) is 0 Å². The van der Waals surface area contributed by atoms with Crippen LogP contribution in [0.15, 0.2) is 42.5 Å². The molecular formula is C15H12F4O2. The number of aliphatic hydroxyl groups excluding tert-OH is 1. The lowest BCUT2D eigenvalue weighted by atomic mass is 10.1. The molecule has 6 heteroatoms. The predicted molar refractivity (Wildman–Crippen MR) is 68.6 cm³/mol. The summed E-state index contributed by atoms with van der Waals surface area (Å²) in [5, 5.41) is 9.32. The maximum atomic E-state index is 13.8. The molecule has 0 unspecified atom stereocenters. The maximum absolute atomic E-state index is 13.8. The molecule has 0 aliphatic rings. The number of alkyl halides is 3. The van der Waals surface area contributed by atoms with Crippen LogP contribution >= 0.6 is 0 Å². The minimum Gasteiger partial charge on any atom is -0.454 e. The van der Waals surface area contributed by atoms with E-state index < -0.39 is 29.4 Å². The Labute approximate surface area is 118 Å². The van der Waals surface area contributed by atoms with Crippen molar-refractivity contribution in [2.45, 2.75) is 19.2 Å². The third-order valence-electron chi connectivity index (χ3n) is 2.85. The van der Waals surface area contributed by atoms with Gasteiger partial charge < -0.3 is 9.84 Å². The molecule has 2 nitrogen and oxygen atoms in total. The third-order valence-corrected chi connectivity index (χ3v) is 2.85. The van der Waals surface area contributed by atoms with Gasteiger partial charge in [-0.2, -0.15) is 13.2 Å². The van der Waals surface area contributed by atoms with Crippen molar-refractivity contribution in [2.24, 2.45) is 0 Å². The molecule has 2 rings (SSSR count). The SMILES string of the molecule is C[C@H](O)c1ccc(Oc2ccccc2C(F)(F)F)c(F)c1. The van der Waals surface area contributed by atoms with Gasteiger partial charge in [0.15, 0.2) is 11.6 Å². The smallest absolute Gasteiger partial charge is 0.419 e. The van der Waals surface area contributed by atoms with E-state index in [0.29, 0.717) is 5.56 Å². The van der Waals surface area contributed by atoms with Gasteiger partial charge in [-0.15, -0.1) is 0 Å². The highest BCUT2D eigenvalue weighted by Crippen LogP contribution is 2.38. The summed E-state index contributed by atoms with van der Waals surface area (Å²) in [4.78, 5) is 0. The molecule has 2 aromatic carbocycles. The zero-order valence-electron chi connectivity index (χ0n) is 11.0. The van der Waals surface area contributed by atoms with E-state index in [1.54, 1.807) is 0 Å². The fourth-order valence-corrected chi connectivity index (χ4v) is 1.77. The van der Waals surface area contributed by atoms with Crippen molar-refractivity contribution in [1.82, 2.24) is 0 Å². The quantitative estimate of drug-likeness (QED) is 0.833. The lowest BCUT2D eigenvalue weighted by Gasteiger charge is -2.14. The van der Waals surface area contributed by atoms with Gasteiger partial charge >= 0.3 is 6.18 Å². The molecule has 1 N–H and O–H groups in total. The van der Waals surface area contributed by atoms with Crippen LogP contribution in [0, 0.1) is 5.82 Å². The Morgan fingerprint density at radius 3 is 2.29 bits per heavy atom. The maximum Gasteiger partial charge on any atom is 0.419 e. The summed E-state index contributed by atoms with van der Waals surface area (Å²) in [5.41, 5.74) is -0.673. The topological polar surface area (TPSA) is 29.5 Å². The number of halogens is 4. The first-order valence-electron chi connectivity index (χ1n) is 6.10. The van der Waals surface area contributed by atoms with E-state index in [1.807, 2.05) is 0 Å². The predicted octanol–water partition coefficient (Wildman–Crippen LogP) is 4.69. The Kier molecular flexibility index (Phi) is 4.18. The number of benzene rings is 2. The number of aliphatic hydroxyl groups is 1. The van der Waals surface area contributed by atoms with Gasteiger partial charge in [0.2, 0.25) is 0 Å². The largest absolute Gasteiger partial charge is 0.454 e. The van der Waals surface area contributed by atoms with Gasteiger partial charge in [0.1, 0.15) is 5.75 Å². The van der Waals surface area contributed by atoms with Gasteiger partial charge in [0.25, 0.3) is 0 Å². The molecule has 112 valence electrons. The first-order valence-corrected chi connectivity index (χ1v) is 6.10. The number of para-hydroxylation sites is 1. The summed E-state index contributed by atoms with van der Waals surface area (Å²) in [6.45, 7) is 1.45.